The first-order valence-corrected chi connectivity index (χ1v) is 12.1. The van der Waals surface area contributed by atoms with Crippen LogP contribution in [0.15, 0.2) is 30.5 Å². The van der Waals surface area contributed by atoms with Crippen molar-refractivity contribution in [2.24, 2.45) is 11.5 Å². The largest absolute Gasteiger partial charge is 0.481 e. The number of carboxylic acids is 2. The van der Waals surface area contributed by atoms with Gasteiger partial charge in [-0.3, -0.25) is 24.0 Å². The molecule has 0 saturated heterocycles. The fourth-order valence-corrected chi connectivity index (χ4v) is 3.82. The van der Waals surface area contributed by atoms with Crippen LogP contribution in [0.25, 0.3) is 10.9 Å². The van der Waals surface area contributed by atoms with Gasteiger partial charge in [-0.2, -0.15) is 12.6 Å². The second-order valence-corrected chi connectivity index (χ2v) is 8.84. The number of carbonyl (C=O) groups is 6. The lowest BCUT2D eigenvalue weighted by atomic mass is 10.0. The number of hydrogen-bond donors (Lipinski definition) is 9. The number of H-pyrrole nitrogens is 1. The summed E-state index contributed by atoms with van der Waals surface area (Å²) < 4.78 is 0. The number of amides is 4. The Labute approximate surface area is 222 Å². The predicted molar refractivity (Wildman–Crippen MR) is 138 cm³/mol. The molecule has 14 nitrogen and oxygen atoms in total. The van der Waals surface area contributed by atoms with Crippen LogP contribution in [-0.2, 0) is 35.2 Å². The molecule has 1 heterocycles. The van der Waals surface area contributed by atoms with Gasteiger partial charge in [0, 0.05) is 35.7 Å². The van der Waals surface area contributed by atoms with Crippen LogP contribution in [0.1, 0.15) is 24.8 Å². The minimum atomic E-state index is -1.52. The third-order valence-electron chi connectivity index (χ3n) is 5.57. The number of aromatic amines is 1. The average Bonchev–Trinajstić information content (AvgIpc) is 3.27. The second-order valence-electron chi connectivity index (χ2n) is 8.48. The summed E-state index contributed by atoms with van der Waals surface area (Å²) in [4.78, 5) is 75.0. The Balaban J connectivity index is 2.08. The number of primary amides is 1. The number of thiol groups is 1. The van der Waals surface area contributed by atoms with Crippen molar-refractivity contribution in [3.8, 4) is 0 Å². The third kappa shape index (κ3) is 8.77. The summed E-state index contributed by atoms with van der Waals surface area (Å²) in [6.45, 7) is 0. The number of aliphatic carboxylic acids is 2. The van der Waals surface area contributed by atoms with Crippen molar-refractivity contribution in [1.29, 1.82) is 0 Å². The van der Waals surface area contributed by atoms with Crippen LogP contribution in [0, 0.1) is 0 Å². The van der Waals surface area contributed by atoms with Crippen LogP contribution in [-0.4, -0.2) is 80.7 Å². The number of fused-ring (bicyclic) bond motifs is 1. The molecule has 0 aliphatic rings. The Morgan fingerprint density at radius 3 is 2.13 bits per heavy atom. The molecule has 2 aromatic rings. The molecule has 4 unspecified atom stereocenters. The Morgan fingerprint density at radius 2 is 1.53 bits per heavy atom. The van der Waals surface area contributed by atoms with E-state index in [4.69, 9.17) is 16.6 Å². The molecule has 10 N–H and O–H groups in total. The Hall–Kier alpha value is -4.11. The van der Waals surface area contributed by atoms with Gasteiger partial charge in [-0.1, -0.05) is 18.2 Å². The van der Waals surface area contributed by atoms with E-state index >= 15 is 0 Å². The van der Waals surface area contributed by atoms with E-state index in [1.165, 1.54) is 0 Å². The molecule has 4 amide bonds. The summed E-state index contributed by atoms with van der Waals surface area (Å²) in [6, 6.07) is 1.77. The number of nitrogens with one attached hydrogen (secondary N) is 4. The molecule has 206 valence electrons. The van der Waals surface area contributed by atoms with Crippen LogP contribution < -0.4 is 27.4 Å². The SMILES string of the molecule is NC(=O)CC(NC(=O)C(N)CCC(=O)O)C(=O)NC(CS)C(=O)NC(Cc1c[nH]c2ccccc12)C(=O)O. The summed E-state index contributed by atoms with van der Waals surface area (Å²) in [5, 5.41) is 26.1. The molecule has 0 aliphatic heterocycles. The second kappa shape index (κ2) is 14.0. The first kappa shape index (κ1) is 30.1. The van der Waals surface area contributed by atoms with Crippen molar-refractivity contribution in [1.82, 2.24) is 20.9 Å². The fraction of sp³-hybridized carbons (Fsp3) is 0.391. The fourth-order valence-electron chi connectivity index (χ4n) is 3.56. The molecular formula is C23H30N6O8S. The van der Waals surface area contributed by atoms with Gasteiger partial charge in [0.05, 0.1) is 12.5 Å². The average molecular weight is 551 g/mol. The minimum absolute atomic E-state index is 0.0487. The summed E-state index contributed by atoms with van der Waals surface area (Å²) >= 11 is 4.05. The Morgan fingerprint density at radius 1 is 0.921 bits per heavy atom. The number of aromatic nitrogens is 1. The monoisotopic (exact) mass is 550 g/mol. The summed E-state index contributed by atoms with van der Waals surface area (Å²) in [5.74, 6) is -6.39. The number of carboxylic acid groups (broad SMARTS) is 2. The number of rotatable bonds is 15. The zero-order valence-corrected chi connectivity index (χ0v) is 21.1. The molecule has 0 spiro atoms. The molecule has 1 aromatic carbocycles. The Bertz CT molecular complexity index is 1200. The topological polar surface area (TPSA) is 247 Å². The van der Waals surface area contributed by atoms with Gasteiger partial charge in [0.25, 0.3) is 0 Å². The number of nitrogens with two attached hydrogens (primary N) is 2. The van der Waals surface area contributed by atoms with Crippen molar-refractivity contribution in [3.63, 3.8) is 0 Å². The molecule has 15 heteroatoms. The van der Waals surface area contributed by atoms with E-state index in [-0.39, 0.29) is 18.6 Å². The lowest BCUT2D eigenvalue weighted by Gasteiger charge is -2.24. The molecule has 0 fully saturated rings. The highest BCUT2D eigenvalue weighted by molar-refractivity contribution is 7.80. The van der Waals surface area contributed by atoms with Crippen LogP contribution in [0.3, 0.4) is 0 Å². The molecule has 38 heavy (non-hydrogen) atoms. The van der Waals surface area contributed by atoms with Crippen LogP contribution >= 0.6 is 12.6 Å². The van der Waals surface area contributed by atoms with Gasteiger partial charge in [0.2, 0.25) is 23.6 Å². The van der Waals surface area contributed by atoms with Gasteiger partial charge in [-0.25, -0.2) is 4.79 Å². The van der Waals surface area contributed by atoms with E-state index in [1.54, 1.807) is 18.3 Å². The van der Waals surface area contributed by atoms with E-state index < -0.39 is 72.6 Å². The van der Waals surface area contributed by atoms with Crippen LogP contribution in [0.2, 0.25) is 0 Å². The van der Waals surface area contributed by atoms with Gasteiger partial charge in [0.15, 0.2) is 0 Å². The van der Waals surface area contributed by atoms with Crippen molar-refractivity contribution in [3.05, 3.63) is 36.0 Å². The normalized spacial score (nSPS) is 14.1. The zero-order chi connectivity index (χ0) is 28.4. The smallest absolute Gasteiger partial charge is 0.326 e. The molecular weight excluding hydrogens is 520 g/mol. The van der Waals surface area contributed by atoms with E-state index in [2.05, 4.69) is 33.6 Å². The van der Waals surface area contributed by atoms with Gasteiger partial charge in [0.1, 0.15) is 18.1 Å². The summed E-state index contributed by atoms with van der Waals surface area (Å²) in [6.07, 6.45) is 0.339. The summed E-state index contributed by atoms with van der Waals surface area (Å²) in [7, 11) is 0. The highest BCUT2D eigenvalue weighted by Crippen LogP contribution is 2.19. The predicted octanol–water partition coefficient (Wildman–Crippen LogP) is -1.75. The summed E-state index contributed by atoms with van der Waals surface area (Å²) in [5.41, 5.74) is 12.3. The van der Waals surface area contributed by atoms with Crippen molar-refractivity contribution >= 4 is 59.1 Å². The first-order chi connectivity index (χ1) is 17.9. The van der Waals surface area contributed by atoms with E-state index in [0.29, 0.717) is 5.56 Å². The lowest BCUT2D eigenvalue weighted by Crippen LogP contribution is -2.58. The third-order valence-corrected chi connectivity index (χ3v) is 5.94. The molecule has 1 aromatic heterocycles. The highest BCUT2D eigenvalue weighted by Gasteiger charge is 2.31. The minimum Gasteiger partial charge on any atom is -0.481 e. The number of hydrogen-bond acceptors (Lipinski definition) is 8. The Kier molecular flexibility index (Phi) is 11.1. The number of carbonyl (C=O) groups excluding carboxylic acids is 4. The maximum atomic E-state index is 12.8. The maximum absolute atomic E-state index is 12.8. The molecule has 0 bridgehead atoms. The standard InChI is InChI=1S/C23H30N6O8S/c24-13(5-6-19(31)32)20(33)27-15(8-18(25)30)21(34)29-17(10-38)22(35)28-16(23(36)37)7-11-9-26-14-4-2-1-3-12(11)14/h1-4,9,13,15-17,26,38H,5-8,10,24H2,(H2,25,30)(H,27,33)(H,28,35)(H,29,34)(H,31,32)(H,36,37). The zero-order valence-electron chi connectivity index (χ0n) is 20.2. The van der Waals surface area contributed by atoms with E-state index in [9.17, 15) is 33.9 Å². The maximum Gasteiger partial charge on any atom is 0.326 e. The molecule has 0 aliphatic carbocycles. The van der Waals surface area contributed by atoms with Gasteiger partial charge in [-0.15, -0.1) is 0 Å². The first-order valence-electron chi connectivity index (χ1n) is 11.5. The van der Waals surface area contributed by atoms with Crippen LogP contribution in [0.5, 0.6) is 0 Å². The van der Waals surface area contributed by atoms with E-state index in [0.717, 1.165) is 10.9 Å². The van der Waals surface area contributed by atoms with Crippen LogP contribution in [0.4, 0.5) is 0 Å². The van der Waals surface area contributed by atoms with Gasteiger partial charge >= 0.3 is 11.9 Å². The van der Waals surface area contributed by atoms with Crippen molar-refractivity contribution in [2.75, 3.05) is 5.75 Å². The van der Waals surface area contributed by atoms with Crippen molar-refractivity contribution < 1.29 is 39.0 Å². The molecule has 4 atom stereocenters. The van der Waals surface area contributed by atoms with Crippen molar-refractivity contribution in [2.45, 2.75) is 49.9 Å². The molecule has 0 saturated carbocycles. The number of para-hydroxylation sites is 1. The van der Waals surface area contributed by atoms with E-state index in [1.807, 2.05) is 12.1 Å². The molecule has 0 radical (unpaired) electrons. The number of benzene rings is 1. The quantitative estimate of drug-likeness (QED) is 0.114. The molecule has 2 rings (SSSR count). The lowest BCUT2D eigenvalue weighted by molar-refractivity contribution is -0.142. The van der Waals surface area contributed by atoms with Gasteiger partial charge in [-0.05, 0) is 18.1 Å². The highest BCUT2D eigenvalue weighted by atomic mass is 32.1. The van der Waals surface area contributed by atoms with Gasteiger partial charge < -0.3 is 42.6 Å².